The zero-order valence-electron chi connectivity index (χ0n) is 14.3. The van der Waals surface area contributed by atoms with Crippen molar-refractivity contribution in [2.45, 2.75) is 31.9 Å². The molecule has 0 radical (unpaired) electrons. The maximum absolute atomic E-state index is 12.5. The summed E-state index contributed by atoms with van der Waals surface area (Å²) < 4.78 is 9.78. The second-order valence-corrected chi connectivity index (χ2v) is 6.29. The van der Waals surface area contributed by atoms with E-state index in [1.54, 1.807) is 9.80 Å². The molecule has 3 heterocycles. The first kappa shape index (κ1) is 17.2. The first-order valence-corrected chi connectivity index (χ1v) is 8.30. The Bertz CT molecular complexity index is 667. The fourth-order valence-corrected chi connectivity index (χ4v) is 3.23. The van der Waals surface area contributed by atoms with E-state index in [2.05, 4.69) is 9.72 Å². The molecule has 3 rings (SSSR count). The number of amides is 2. The van der Waals surface area contributed by atoms with Crippen molar-refractivity contribution in [2.24, 2.45) is 0 Å². The Morgan fingerprint density at radius 3 is 2.52 bits per heavy atom. The summed E-state index contributed by atoms with van der Waals surface area (Å²) in [7, 11) is 1.29. The Labute approximate surface area is 145 Å². The fourth-order valence-electron chi connectivity index (χ4n) is 3.23. The van der Waals surface area contributed by atoms with Gasteiger partial charge in [0.2, 0.25) is 0 Å². The molecule has 1 aromatic rings. The molecule has 0 aliphatic carbocycles. The van der Waals surface area contributed by atoms with Crippen LogP contribution in [0.25, 0.3) is 0 Å². The van der Waals surface area contributed by atoms with Crippen molar-refractivity contribution in [3.05, 3.63) is 29.6 Å². The lowest BCUT2D eigenvalue weighted by molar-refractivity contribution is 0.0596. The van der Waals surface area contributed by atoms with Gasteiger partial charge in [0, 0.05) is 25.3 Å². The maximum atomic E-state index is 12.5. The molecule has 2 aliphatic rings. The number of cyclic esters (lactones) is 1. The molecule has 2 saturated heterocycles. The van der Waals surface area contributed by atoms with Crippen molar-refractivity contribution in [2.75, 3.05) is 26.7 Å². The van der Waals surface area contributed by atoms with E-state index in [0.717, 1.165) is 0 Å². The molecule has 0 spiro atoms. The third-order valence-corrected chi connectivity index (χ3v) is 4.59. The van der Waals surface area contributed by atoms with E-state index in [4.69, 9.17) is 4.74 Å². The van der Waals surface area contributed by atoms with Crippen LogP contribution < -0.4 is 0 Å². The van der Waals surface area contributed by atoms with E-state index in [0.29, 0.717) is 43.7 Å². The number of ether oxygens (including phenoxy) is 2. The number of carbonyl (C=O) groups excluding carboxylic acids is 3. The van der Waals surface area contributed by atoms with Crippen molar-refractivity contribution in [3.8, 4) is 0 Å². The van der Waals surface area contributed by atoms with Gasteiger partial charge in [-0.05, 0) is 31.9 Å². The topological polar surface area (TPSA) is 89.0 Å². The van der Waals surface area contributed by atoms with Gasteiger partial charge in [0.1, 0.15) is 11.8 Å². The highest BCUT2D eigenvalue weighted by molar-refractivity contribution is 5.94. The van der Waals surface area contributed by atoms with Crippen LogP contribution in [0, 0.1) is 0 Å². The van der Waals surface area contributed by atoms with Gasteiger partial charge < -0.3 is 19.3 Å². The lowest BCUT2D eigenvalue weighted by Crippen LogP contribution is -2.47. The molecular formula is C17H21N3O5. The van der Waals surface area contributed by atoms with Crippen molar-refractivity contribution < 1.29 is 23.9 Å². The molecule has 2 aliphatic heterocycles. The first-order chi connectivity index (χ1) is 12.0. The molecule has 8 heteroatoms. The van der Waals surface area contributed by atoms with E-state index in [-0.39, 0.29) is 24.1 Å². The molecular weight excluding hydrogens is 326 g/mol. The van der Waals surface area contributed by atoms with Gasteiger partial charge in [-0.25, -0.2) is 9.59 Å². The number of nitrogens with zero attached hydrogens (tertiary/aromatic N) is 3. The minimum Gasteiger partial charge on any atom is -0.465 e. The monoisotopic (exact) mass is 347 g/mol. The summed E-state index contributed by atoms with van der Waals surface area (Å²) in [4.78, 5) is 43.3. The molecule has 25 heavy (non-hydrogen) atoms. The standard InChI is InChI=1S/C17H21N3O5/c1-11-10-20(17(23)25-11)13-5-7-19(8-6-13)15(21)14-4-3-12(9-18-14)16(22)24-2/h3-4,9,11,13H,5-8,10H2,1-2H3. The van der Waals surface area contributed by atoms with Gasteiger partial charge in [0.05, 0.1) is 19.2 Å². The number of hydrogen-bond acceptors (Lipinski definition) is 6. The van der Waals surface area contributed by atoms with Crippen molar-refractivity contribution in [3.63, 3.8) is 0 Å². The summed E-state index contributed by atoms with van der Waals surface area (Å²) in [5.41, 5.74) is 0.597. The van der Waals surface area contributed by atoms with E-state index >= 15 is 0 Å². The molecule has 1 atom stereocenters. The molecule has 134 valence electrons. The first-order valence-electron chi connectivity index (χ1n) is 8.30. The van der Waals surface area contributed by atoms with E-state index in [1.165, 1.54) is 25.4 Å². The van der Waals surface area contributed by atoms with Gasteiger partial charge in [-0.2, -0.15) is 0 Å². The van der Waals surface area contributed by atoms with Crippen LogP contribution in [0.15, 0.2) is 18.3 Å². The number of carbonyl (C=O) groups is 3. The summed E-state index contributed by atoms with van der Waals surface area (Å²) >= 11 is 0. The Balaban J connectivity index is 1.58. The summed E-state index contributed by atoms with van der Waals surface area (Å²) in [6.07, 6.45) is 2.43. The maximum Gasteiger partial charge on any atom is 0.410 e. The molecule has 1 aromatic heterocycles. The van der Waals surface area contributed by atoms with Crippen LogP contribution in [0.2, 0.25) is 0 Å². The molecule has 0 N–H and O–H groups in total. The van der Waals surface area contributed by atoms with Gasteiger partial charge in [-0.1, -0.05) is 0 Å². The molecule has 0 saturated carbocycles. The minimum absolute atomic E-state index is 0.0790. The van der Waals surface area contributed by atoms with Gasteiger partial charge in [0.15, 0.2) is 0 Å². The van der Waals surface area contributed by atoms with Crippen LogP contribution in [0.3, 0.4) is 0 Å². The summed E-state index contributed by atoms with van der Waals surface area (Å²) in [5, 5.41) is 0. The second kappa shape index (κ2) is 7.08. The fraction of sp³-hybridized carbons (Fsp3) is 0.529. The minimum atomic E-state index is -0.487. The SMILES string of the molecule is COC(=O)c1ccc(C(=O)N2CCC(N3CC(C)OC3=O)CC2)nc1. The highest BCUT2D eigenvalue weighted by Gasteiger charge is 2.36. The largest absolute Gasteiger partial charge is 0.465 e. The molecule has 1 unspecified atom stereocenters. The van der Waals surface area contributed by atoms with Crippen molar-refractivity contribution >= 4 is 18.0 Å². The van der Waals surface area contributed by atoms with E-state index < -0.39 is 5.97 Å². The number of aromatic nitrogens is 1. The van der Waals surface area contributed by atoms with Crippen molar-refractivity contribution in [1.82, 2.24) is 14.8 Å². The van der Waals surface area contributed by atoms with Gasteiger partial charge >= 0.3 is 12.1 Å². The third-order valence-electron chi connectivity index (χ3n) is 4.59. The Morgan fingerprint density at radius 1 is 1.28 bits per heavy atom. The molecule has 0 aromatic carbocycles. The number of rotatable bonds is 3. The Kier molecular flexibility index (Phi) is 4.87. The lowest BCUT2D eigenvalue weighted by Gasteiger charge is -2.35. The van der Waals surface area contributed by atoms with E-state index in [9.17, 15) is 14.4 Å². The van der Waals surface area contributed by atoms with E-state index in [1.807, 2.05) is 6.92 Å². The number of piperidine rings is 1. The van der Waals surface area contributed by atoms with Crippen LogP contribution >= 0.6 is 0 Å². The van der Waals surface area contributed by atoms with Crippen LogP contribution in [-0.4, -0.2) is 71.6 Å². The number of likely N-dealkylation sites (tertiary alicyclic amines) is 1. The predicted octanol–water partition coefficient (Wildman–Crippen LogP) is 1.31. The zero-order valence-corrected chi connectivity index (χ0v) is 14.3. The number of methoxy groups -OCH3 is 1. The second-order valence-electron chi connectivity index (χ2n) is 6.29. The average Bonchev–Trinajstić information content (AvgIpc) is 2.99. The van der Waals surface area contributed by atoms with Crippen LogP contribution in [-0.2, 0) is 9.47 Å². The summed E-state index contributed by atoms with van der Waals surface area (Å²) in [6.45, 7) is 3.60. The van der Waals surface area contributed by atoms with Gasteiger partial charge in [-0.15, -0.1) is 0 Å². The highest BCUT2D eigenvalue weighted by atomic mass is 16.6. The smallest absolute Gasteiger partial charge is 0.410 e. The molecule has 0 bridgehead atoms. The van der Waals surface area contributed by atoms with Crippen LogP contribution in [0.5, 0.6) is 0 Å². The number of hydrogen-bond donors (Lipinski definition) is 0. The van der Waals surface area contributed by atoms with Crippen molar-refractivity contribution in [1.29, 1.82) is 0 Å². The Hall–Kier alpha value is -2.64. The quantitative estimate of drug-likeness (QED) is 0.766. The molecule has 8 nitrogen and oxygen atoms in total. The highest BCUT2D eigenvalue weighted by Crippen LogP contribution is 2.23. The van der Waals surface area contributed by atoms with Gasteiger partial charge in [0.25, 0.3) is 5.91 Å². The van der Waals surface area contributed by atoms with Gasteiger partial charge in [-0.3, -0.25) is 9.78 Å². The van der Waals surface area contributed by atoms with Crippen LogP contribution in [0.1, 0.15) is 40.6 Å². The molecule has 2 fully saturated rings. The number of pyridine rings is 1. The van der Waals surface area contributed by atoms with Crippen LogP contribution in [0.4, 0.5) is 4.79 Å². The Morgan fingerprint density at radius 2 is 2.00 bits per heavy atom. The number of esters is 1. The summed E-state index contributed by atoms with van der Waals surface area (Å²) in [5.74, 6) is -0.661. The molecule has 2 amide bonds. The average molecular weight is 347 g/mol. The third kappa shape index (κ3) is 3.57. The zero-order chi connectivity index (χ0) is 18.0. The summed E-state index contributed by atoms with van der Waals surface area (Å²) in [6, 6.07) is 3.16. The lowest BCUT2D eigenvalue weighted by atomic mass is 10.0. The normalized spacial score (nSPS) is 21.2. The predicted molar refractivity (Wildman–Crippen MR) is 87.2 cm³/mol.